The van der Waals surface area contributed by atoms with Crippen LogP contribution in [0.5, 0.6) is 0 Å². The average Bonchev–Trinajstić information content (AvgIpc) is 2.60. The zero-order chi connectivity index (χ0) is 17.4. The molecule has 25 heavy (non-hydrogen) atoms. The standard InChI is InChI=1S/C18H26N4O2.ClH/c1-3-9-20-18(24)21-17(23)13-22-11-10-19-12-16(22)15-7-5-14(4-2)6-8-15;/h3,5-8,16,19H,1,4,9-13H2,2H3,(H2,20,21,23,24);1H. The van der Waals surface area contributed by atoms with Gasteiger partial charge in [0.25, 0.3) is 0 Å². The molecule has 0 radical (unpaired) electrons. The maximum atomic E-state index is 12.1. The Hall–Kier alpha value is -1.89. The number of nitrogens with zero attached hydrogens (tertiary/aromatic N) is 1. The Balaban J connectivity index is 0.00000312. The summed E-state index contributed by atoms with van der Waals surface area (Å²) in [5.74, 6) is -0.298. The molecule has 0 bridgehead atoms. The summed E-state index contributed by atoms with van der Waals surface area (Å²) in [6.07, 6.45) is 2.57. The fourth-order valence-corrected chi connectivity index (χ4v) is 2.80. The van der Waals surface area contributed by atoms with E-state index >= 15 is 0 Å². The lowest BCUT2D eigenvalue weighted by Crippen LogP contribution is -2.51. The molecule has 1 saturated heterocycles. The van der Waals surface area contributed by atoms with Gasteiger partial charge < -0.3 is 10.6 Å². The minimum absolute atomic E-state index is 0. The van der Waals surface area contributed by atoms with Crippen molar-refractivity contribution < 1.29 is 9.59 Å². The van der Waals surface area contributed by atoms with Crippen LogP contribution in [0.3, 0.4) is 0 Å². The molecule has 0 spiro atoms. The normalized spacial score (nSPS) is 17.2. The molecule has 3 amide bonds. The van der Waals surface area contributed by atoms with Crippen molar-refractivity contribution in [2.75, 3.05) is 32.7 Å². The molecule has 1 fully saturated rings. The van der Waals surface area contributed by atoms with Crippen molar-refractivity contribution in [2.45, 2.75) is 19.4 Å². The lowest BCUT2D eigenvalue weighted by Gasteiger charge is -2.36. The summed E-state index contributed by atoms with van der Waals surface area (Å²) in [4.78, 5) is 25.8. The van der Waals surface area contributed by atoms with Gasteiger partial charge in [-0.1, -0.05) is 37.3 Å². The molecule has 3 N–H and O–H groups in total. The first-order valence-electron chi connectivity index (χ1n) is 8.36. The van der Waals surface area contributed by atoms with Crippen LogP contribution in [0.2, 0.25) is 0 Å². The van der Waals surface area contributed by atoms with Gasteiger partial charge in [-0.05, 0) is 17.5 Å². The van der Waals surface area contributed by atoms with Gasteiger partial charge in [0.05, 0.1) is 6.54 Å². The monoisotopic (exact) mass is 366 g/mol. The van der Waals surface area contributed by atoms with Crippen LogP contribution in [0.25, 0.3) is 0 Å². The fraction of sp³-hybridized carbons (Fsp3) is 0.444. The van der Waals surface area contributed by atoms with Gasteiger partial charge in [-0.3, -0.25) is 15.0 Å². The number of carbonyl (C=O) groups is 2. The second kappa shape index (κ2) is 10.9. The van der Waals surface area contributed by atoms with E-state index in [9.17, 15) is 9.59 Å². The Labute approximate surface area is 155 Å². The van der Waals surface area contributed by atoms with Gasteiger partial charge in [0.15, 0.2) is 0 Å². The molecule has 0 aliphatic carbocycles. The number of rotatable bonds is 6. The molecule has 138 valence electrons. The maximum absolute atomic E-state index is 12.1. The highest BCUT2D eigenvalue weighted by atomic mass is 35.5. The van der Waals surface area contributed by atoms with Crippen LogP contribution in [0.1, 0.15) is 24.1 Å². The van der Waals surface area contributed by atoms with Crippen LogP contribution in [-0.2, 0) is 11.2 Å². The highest BCUT2D eigenvalue weighted by Gasteiger charge is 2.25. The number of amides is 3. The van der Waals surface area contributed by atoms with Crippen molar-refractivity contribution in [3.63, 3.8) is 0 Å². The zero-order valence-electron chi connectivity index (χ0n) is 14.6. The topological polar surface area (TPSA) is 73.5 Å². The third kappa shape index (κ3) is 6.49. The van der Waals surface area contributed by atoms with E-state index < -0.39 is 6.03 Å². The second-order valence-electron chi connectivity index (χ2n) is 5.83. The Bertz CT molecular complexity index is 577. The minimum Gasteiger partial charge on any atom is -0.334 e. The maximum Gasteiger partial charge on any atom is 0.321 e. The number of aryl methyl sites for hydroxylation is 1. The van der Waals surface area contributed by atoms with Gasteiger partial charge >= 0.3 is 6.03 Å². The Morgan fingerprint density at radius 1 is 1.36 bits per heavy atom. The number of piperazine rings is 1. The third-order valence-corrected chi connectivity index (χ3v) is 4.13. The van der Waals surface area contributed by atoms with E-state index in [2.05, 4.69) is 58.6 Å². The molecular weight excluding hydrogens is 340 g/mol. The Kier molecular flexibility index (Phi) is 9.20. The molecule has 1 aromatic rings. The second-order valence-corrected chi connectivity index (χ2v) is 5.83. The summed E-state index contributed by atoms with van der Waals surface area (Å²) in [5, 5.41) is 8.26. The number of benzene rings is 1. The molecule has 0 aromatic heterocycles. The van der Waals surface area contributed by atoms with Crippen molar-refractivity contribution in [3.8, 4) is 0 Å². The summed E-state index contributed by atoms with van der Waals surface area (Å²) in [7, 11) is 0. The largest absolute Gasteiger partial charge is 0.334 e. The first-order valence-corrected chi connectivity index (χ1v) is 8.36. The molecule has 7 heteroatoms. The van der Waals surface area contributed by atoms with E-state index in [1.807, 2.05) is 0 Å². The van der Waals surface area contributed by atoms with Gasteiger partial charge in [0.2, 0.25) is 5.91 Å². The molecule has 1 aliphatic heterocycles. The predicted octanol–water partition coefficient (Wildman–Crippen LogP) is 1.63. The third-order valence-electron chi connectivity index (χ3n) is 4.13. The van der Waals surface area contributed by atoms with Crippen LogP contribution >= 0.6 is 12.4 Å². The molecule has 1 aliphatic rings. The van der Waals surface area contributed by atoms with Crippen molar-refractivity contribution >= 4 is 24.3 Å². The molecule has 0 saturated carbocycles. The van der Waals surface area contributed by atoms with Crippen molar-refractivity contribution in [1.82, 2.24) is 20.9 Å². The summed E-state index contributed by atoms with van der Waals surface area (Å²) in [5.41, 5.74) is 2.48. The lowest BCUT2D eigenvalue weighted by molar-refractivity contribution is -0.122. The SMILES string of the molecule is C=CCNC(=O)NC(=O)CN1CCNCC1c1ccc(CC)cc1.Cl. The number of nitrogens with one attached hydrogen (secondary N) is 3. The van der Waals surface area contributed by atoms with Gasteiger partial charge in [0, 0.05) is 32.2 Å². The smallest absolute Gasteiger partial charge is 0.321 e. The van der Waals surface area contributed by atoms with E-state index in [1.165, 1.54) is 11.1 Å². The molecule has 1 aromatic carbocycles. The number of imide groups is 1. The van der Waals surface area contributed by atoms with Crippen LogP contribution in [0.4, 0.5) is 4.79 Å². The molecule has 1 heterocycles. The Morgan fingerprint density at radius 3 is 2.72 bits per heavy atom. The first-order chi connectivity index (χ1) is 11.6. The van der Waals surface area contributed by atoms with E-state index in [0.29, 0.717) is 6.54 Å². The van der Waals surface area contributed by atoms with Crippen LogP contribution in [0, 0.1) is 0 Å². The van der Waals surface area contributed by atoms with E-state index in [1.54, 1.807) is 6.08 Å². The van der Waals surface area contributed by atoms with E-state index in [0.717, 1.165) is 26.1 Å². The number of hydrogen-bond donors (Lipinski definition) is 3. The van der Waals surface area contributed by atoms with Crippen molar-refractivity contribution in [2.24, 2.45) is 0 Å². The van der Waals surface area contributed by atoms with Gasteiger partial charge in [-0.2, -0.15) is 0 Å². The minimum atomic E-state index is -0.487. The predicted molar refractivity (Wildman–Crippen MR) is 102 cm³/mol. The summed E-state index contributed by atoms with van der Waals surface area (Å²) >= 11 is 0. The first kappa shape index (κ1) is 21.2. The lowest BCUT2D eigenvalue weighted by atomic mass is 10.0. The van der Waals surface area contributed by atoms with E-state index in [4.69, 9.17) is 0 Å². The van der Waals surface area contributed by atoms with Crippen molar-refractivity contribution in [1.29, 1.82) is 0 Å². The molecule has 6 nitrogen and oxygen atoms in total. The molecular formula is C18H27ClN4O2. The number of halogens is 1. The van der Waals surface area contributed by atoms with Crippen LogP contribution in [-0.4, -0.2) is 49.6 Å². The van der Waals surface area contributed by atoms with Gasteiger partial charge in [0.1, 0.15) is 0 Å². The van der Waals surface area contributed by atoms with Crippen LogP contribution in [0.15, 0.2) is 36.9 Å². The van der Waals surface area contributed by atoms with Crippen molar-refractivity contribution in [3.05, 3.63) is 48.0 Å². The molecule has 1 unspecified atom stereocenters. The summed E-state index contributed by atoms with van der Waals surface area (Å²) < 4.78 is 0. The molecule has 1 atom stereocenters. The van der Waals surface area contributed by atoms with Gasteiger partial charge in [-0.25, -0.2) is 4.79 Å². The van der Waals surface area contributed by atoms with Crippen LogP contribution < -0.4 is 16.0 Å². The number of urea groups is 1. The highest BCUT2D eigenvalue weighted by molar-refractivity contribution is 5.95. The molecule has 2 rings (SSSR count). The highest BCUT2D eigenvalue weighted by Crippen LogP contribution is 2.22. The van der Waals surface area contributed by atoms with Gasteiger partial charge in [-0.15, -0.1) is 19.0 Å². The number of carbonyl (C=O) groups excluding carboxylic acids is 2. The zero-order valence-corrected chi connectivity index (χ0v) is 15.4. The summed E-state index contributed by atoms with van der Waals surface area (Å²) in [6, 6.07) is 8.15. The quantitative estimate of drug-likeness (QED) is 0.669. The number of hydrogen-bond acceptors (Lipinski definition) is 4. The fourth-order valence-electron chi connectivity index (χ4n) is 2.80. The Morgan fingerprint density at radius 2 is 2.08 bits per heavy atom. The van der Waals surface area contributed by atoms with E-state index in [-0.39, 0.29) is 30.9 Å². The summed E-state index contributed by atoms with van der Waals surface area (Å²) in [6.45, 7) is 8.57. The average molecular weight is 367 g/mol.